The fourth-order valence-electron chi connectivity index (χ4n) is 2.45. The maximum atomic E-state index is 9.42. The number of aliphatic hydroxyl groups excluding tert-OH is 1. The van der Waals surface area contributed by atoms with Crippen LogP contribution in [0.5, 0.6) is 5.75 Å². The van der Waals surface area contributed by atoms with E-state index >= 15 is 0 Å². The number of aliphatic hydroxyl groups is 1. The van der Waals surface area contributed by atoms with E-state index in [0.29, 0.717) is 19.6 Å². The largest absolute Gasteiger partial charge is 0.497 e. The van der Waals surface area contributed by atoms with E-state index in [2.05, 4.69) is 0 Å². The lowest BCUT2D eigenvalue weighted by molar-refractivity contribution is -0.155. The van der Waals surface area contributed by atoms with E-state index < -0.39 is 0 Å². The molecule has 2 rings (SSSR count). The van der Waals surface area contributed by atoms with Gasteiger partial charge >= 0.3 is 0 Å². The van der Waals surface area contributed by atoms with E-state index in [1.807, 2.05) is 36.4 Å². The fourth-order valence-corrected chi connectivity index (χ4v) is 2.45. The van der Waals surface area contributed by atoms with Crippen LogP contribution in [0, 0.1) is 0 Å². The van der Waals surface area contributed by atoms with Crippen LogP contribution in [0.2, 0.25) is 0 Å². The Kier molecular flexibility index (Phi) is 8.84. The standard InChI is InChI=1S/C19H28O5/c1-21-17-10-8-16(9-11-17)15-24-18(14-20)6-2-4-12-22-19-7-3-5-13-23-19/h2,4,8-11,18-20H,3,5-7,12-15H2,1H3/b4-2+/t18-,19?/m0/s1. The van der Waals surface area contributed by atoms with Crippen molar-refractivity contribution in [1.29, 1.82) is 0 Å². The average Bonchev–Trinajstić information content (AvgIpc) is 2.65. The van der Waals surface area contributed by atoms with Crippen molar-refractivity contribution in [2.75, 3.05) is 26.9 Å². The summed E-state index contributed by atoms with van der Waals surface area (Å²) < 4.78 is 22.0. The minimum absolute atomic E-state index is 0.00686. The predicted octanol–water partition coefficient (Wildman–Crippen LogP) is 3.06. The predicted molar refractivity (Wildman–Crippen MR) is 92.0 cm³/mol. The highest BCUT2D eigenvalue weighted by Gasteiger charge is 2.12. The Hall–Kier alpha value is -1.40. The summed E-state index contributed by atoms with van der Waals surface area (Å²) in [5.74, 6) is 0.822. The van der Waals surface area contributed by atoms with Gasteiger partial charge in [-0.05, 0) is 43.4 Å². The molecule has 1 saturated heterocycles. The molecule has 5 nitrogen and oxygen atoms in total. The summed E-state index contributed by atoms with van der Waals surface area (Å²) in [7, 11) is 1.64. The molecular weight excluding hydrogens is 308 g/mol. The summed E-state index contributed by atoms with van der Waals surface area (Å²) in [5.41, 5.74) is 1.05. The highest BCUT2D eigenvalue weighted by atomic mass is 16.7. The van der Waals surface area contributed by atoms with Crippen molar-refractivity contribution in [1.82, 2.24) is 0 Å². The monoisotopic (exact) mass is 336 g/mol. The van der Waals surface area contributed by atoms with Crippen molar-refractivity contribution in [3.63, 3.8) is 0 Å². The average molecular weight is 336 g/mol. The van der Waals surface area contributed by atoms with Gasteiger partial charge in [-0.15, -0.1) is 0 Å². The smallest absolute Gasteiger partial charge is 0.157 e. The van der Waals surface area contributed by atoms with E-state index in [9.17, 15) is 5.11 Å². The highest BCUT2D eigenvalue weighted by Crippen LogP contribution is 2.14. The topological polar surface area (TPSA) is 57.2 Å². The normalized spacial score (nSPS) is 19.5. The number of methoxy groups -OCH3 is 1. The van der Waals surface area contributed by atoms with Gasteiger partial charge in [0.25, 0.3) is 0 Å². The van der Waals surface area contributed by atoms with Crippen LogP contribution in [0.15, 0.2) is 36.4 Å². The molecular formula is C19H28O5. The SMILES string of the molecule is COc1ccc(CO[C@H](CO)C/C=C/COC2CCCCO2)cc1. The molecule has 0 aliphatic carbocycles. The zero-order valence-corrected chi connectivity index (χ0v) is 14.4. The number of hydrogen-bond donors (Lipinski definition) is 1. The van der Waals surface area contributed by atoms with Crippen LogP contribution < -0.4 is 4.74 Å². The van der Waals surface area contributed by atoms with Crippen molar-refractivity contribution in [3.8, 4) is 5.75 Å². The molecule has 0 spiro atoms. The molecule has 1 unspecified atom stereocenters. The van der Waals surface area contributed by atoms with Gasteiger partial charge in [0, 0.05) is 6.61 Å². The molecule has 0 aromatic heterocycles. The Labute approximate surface area is 144 Å². The Balaban J connectivity index is 1.62. The molecule has 2 atom stereocenters. The zero-order valence-electron chi connectivity index (χ0n) is 14.4. The Morgan fingerprint density at radius 3 is 2.75 bits per heavy atom. The minimum Gasteiger partial charge on any atom is -0.497 e. The zero-order chi connectivity index (χ0) is 17.0. The van der Waals surface area contributed by atoms with Crippen LogP contribution >= 0.6 is 0 Å². The van der Waals surface area contributed by atoms with Crippen molar-refractivity contribution in [3.05, 3.63) is 42.0 Å². The van der Waals surface area contributed by atoms with Crippen LogP contribution in [-0.2, 0) is 20.8 Å². The molecule has 24 heavy (non-hydrogen) atoms. The van der Waals surface area contributed by atoms with Crippen LogP contribution in [-0.4, -0.2) is 44.4 Å². The second-order valence-electron chi connectivity index (χ2n) is 5.80. The maximum Gasteiger partial charge on any atom is 0.157 e. The molecule has 134 valence electrons. The lowest BCUT2D eigenvalue weighted by atomic mass is 10.2. The van der Waals surface area contributed by atoms with Gasteiger partial charge in [0.05, 0.1) is 33.0 Å². The molecule has 0 bridgehead atoms. The first kappa shape index (κ1) is 18.9. The molecule has 0 amide bonds. The van der Waals surface area contributed by atoms with E-state index in [1.165, 1.54) is 6.42 Å². The maximum absolute atomic E-state index is 9.42. The summed E-state index contributed by atoms with van der Waals surface area (Å²) in [6.45, 7) is 1.78. The molecule has 5 heteroatoms. The van der Waals surface area contributed by atoms with Gasteiger partial charge in [-0.1, -0.05) is 24.3 Å². The number of ether oxygens (including phenoxy) is 4. The first-order chi connectivity index (χ1) is 11.8. The quantitative estimate of drug-likeness (QED) is 0.666. The summed E-state index contributed by atoms with van der Waals surface area (Å²) in [6, 6.07) is 7.72. The van der Waals surface area contributed by atoms with E-state index in [1.54, 1.807) is 7.11 Å². The summed E-state index contributed by atoms with van der Waals surface area (Å²) in [5, 5.41) is 9.42. The van der Waals surface area contributed by atoms with Crippen LogP contribution in [0.4, 0.5) is 0 Å². The van der Waals surface area contributed by atoms with E-state index in [4.69, 9.17) is 18.9 Å². The van der Waals surface area contributed by atoms with Crippen molar-refractivity contribution in [2.45, 2.75) is 44.7 Å². The van der Waals surface area contributed by atoms with E-state index in [-0.39, 0.29) is 19.0 Å². The van der Waals surface area contributed by atoms with Gasteiger partial charge < -0.3 is 24.1 Å². The van der Waals surface area contributed by atoms with E-state index in [0.717, 1.165) is 30.8 Å². The Morgan fingerprint density at radius 2 is 2.08 bits per heavy atom. The number of rotatable bonds is 10. The van der Waals surface area contributed by atoms with Gasteiger partial charge in [-0.25, -0.2) is 0 Å². The summed E-state index contributed by atoms with van der Waals surface area (Å²) in [4.78, 5) is 0. The fraction of sp³-hybridized carbons (Fsp3) is 0.579. The van der Waals surface area contributed by atoms with Crippen LogP contribution in [0.3, 0.4) is 0 Å². The molecule has 1 heterocycles. The highest BCUT2D eigenvalue weighted by molar-refractivity contribution is 5.26. The van der Waals surface area contributed by atoms with Crippen molar-refractivity contribution >= 4 is 0 Å². The number of hydrogen-bond acceptors (Lipinski definition) is 5. The van der Waals surface area contributed by atoms with Crippen LogP contribution in [0.1, 0.15) is 31.2 Å². The lowest BCUT2D eigenvalue weighted by Crippen LogP contribution is -2.22. The van der Waals surface area contributed by atoms with Crippen molar-refractivity contribution in [2.24, 2.45) is 0 Å². The molecule has 1 aromatic rings. The third-order valence-electron chi connectivity index (χ3n) is 3.93. The minimum atomic E-state index is -0.214. The first-order valence-electron chi connectivity index (χ1n) is 8.55. The molecule has 1 fully saturated rings. The molecule has 1 N–H and O–H groups in total. The van der Waals surface area contributed by atoms with Gasteiger partial charge in [-0.2, -0.15) is 0 Å². The Morgan fingerprint density at radius 1 is 1.25 bits per heavy atom. The third kappa shape index (κ3) is 7.01. The summed E-state index contributed by atoms with van der Waals surface area (Å²) >= 11 is 0. The van der Waals surface area contributed by atoms with Crippen molar-refractivity contribution < 1.29 is 24.1 Å². The Bertz CT molecular complexity index is 465. The molecule has 1 aliphatic heterocycles. The lowest BCUT2D eigenvalue weighted by Gasteiger charge is -2.21. The van der Waals surface area contributed by atoms with Gasteiger partial charge in [0.2, 0.25) is 0 Å². The molecule has 0 saturated carbocycles. The first-order valence-corrected chi connectivity index (χ1v) is 8.55. The molecule has 1 aliphatic rings. The van der Waals surface area contributed by atoms with Gasteiger partial charge in [0.15, 0.2) is 6.29 Å². The van der Waals surface area contributed by atoms with Crippen LogP contribution in [0.25, 0.3) is 0 Å². The summed E-state index contributed by atoms with van der Waals surface area (Å²) in [6.07, 6.45) is 7.58. The van der Waals surface area contributed by atoms with Gasteiger partial charge in [0.1, 0.15) is 5.75 Å². The molecule has 1 aromatic carbocycles. The third-order valence-corrected chi connectivity index (χ3v) is 3.93. The second kappa shape index (κ2) is 11.2. The van der Waals surface area contributed by atoms with Gasteiger partial charge in [-0.3, -0.25) is 0 Å². The number of benzene rings is 1. The second-order valence-corrected chi connectivity index (χ2v) is 5.80. The molecule has 0 radical (unpaired) electrons.